The van der Waals surface area contributed by atoms with Crippen LogP contribution in [0.15, 0.2) is 18.2 Å². The molecule has 0 spiro atoms. The second-order valence-corrected chi connectivity index (χ2v) is 5.15. The number of nitrogens with one attached hydrogen (secondary N) is 1. The van der Waals surface area contributed by atoms with Crippen molar-refractivity contribution in [1.29, 1.82) is 5.41 Å². The van der Waals surface area contributed by atoms with Crippen LogP contribution in [-0.4, -0.2) is 22.3 Å². The Kier molecular flexibility index (Phi) is 4.34. The van der Waals surface area contributed by atoms with Crippen molar-refractivity contribution < 1.29 is 0 Å². The number of pyridine rings is 1. The molecule has 1 heterocycles. The topological polar surface area (TPSA) is 40.0 Å². The van der Waals surface area contributed by atoms with Gasteiger partial charge in [-0.1, -0.05) is 18.9 Å². The highest BCUT2D eigenvalue weighted by Gasteiger charge is 2.23. The Balaban J connectivity index is 2.02. The van der Waals surface area contributed by atoms with Crippen molar-refractivity contribution in [3.8, 4) is 0 Å². The third kappa shape index (κ3) is 3.09. The molecule has 3 heteroatoms. The van der Waals surface area contributed by atoms with Crippen LogP contribution in [0.5, 0.6) is 0 Å². The van der Waals surface area contributed by atoms with Crippen LogP contribution in [0.3, 0.4) is 0 Å². The summed E-state index contributed by atoms with van der Waals surface area (Å²) in [4.78, 5) is 6.70. The molecule has 18 heavy (non-hydrogen) atoms. The lowest BCUT2D eigenvalue weighted by Crippen LogP contribution is -2.34. The summed E-state index contributed by atoms with van der Waals surface area (Å²) >= 11 is 0. The van der Waals surface area contributed by atoms with Crippen molar-refractivity contribution in [1.82, 2.24) is 9.88 Å². The molecule has 1 aromatic rings. The van der Waals surface area contributed by atoms with Crippen molar-refractivity contribution in [2.45, 2.75) is 46.1 Å². The van der Waals surface area contributed by atoms with Crippen molar-refractivity contribution in [3.63, 3.8) is 0 Å². The lowest BCUT2D eigenvalue weighted by atomic mass is 10.1. The molecule has 0 saturated heterocycles. The molecule has 0 unspecified atom stereocenters. The molecule has 0 bridgehead atoms. The van der Waals surface area contributed by atoms with E-state index in [0.29, 0.717) is 5.92 Å². The molecule has 1 aromatic heterocycles. The van der Waals surface area contributed by atoms with Crippen LogP contribution in [0.25, 0.3) is 0 Å². The Morgan fingerprint density at radius 1 is 1.39 bits per heavy atom. The maximum absolute atomic E-state index is 8.34. The van der Waals surface area contributed by atoms with Gasteiger partial charge in [0.2, 0.25) is 0 Å². The Bertz CT molecular complexity index is 408. The minimum Gasteiger partial charge on any atom is -0.355 e. The molecular weight excluding hydrogens is 222 g/mol. The number of amidine groups is 1. The van der Waals surface area contributed by atoms with Gasteiger partial charge in [0.1, 0.15) is 0 Å². The largest absolute Gasteiger partial charge is 0.355 e. The highest BCUT2D eigenvalue weighted by atomic mass is 15.2. The van der Waals surface area contributed by atoms with Crippen LogP contribution < -0.4 is 0 Å². The smallest absolute Gasteiger partial charge is 0.0992 e. The van der Waals surface area contributed by atoms with E-state index >= 15 is 0 Å². The van der Waals surface area contributed by atoms with Gasteiger partial charge in [0, 0.05) is 18.2 Å². The maximum Gasteiger partial charge on any atom is 0.0992 e. The third-order valence-electron chi connectivity index (χ3n) is 3.76. The summed E-state index contributed by atoms with van der Waals surface area (Å²) < 4.78 is 0. The minimum absolute atomic E-state index is 0.481. The summed E-state index contributed by atoms with van der Waals surface area (Å²) in [6.07, 6.45) is 4.95. The number of aromatic nitrogens is 1. The molecule has 0 aliphatic heterocycles. The molecular formula is C15H23N3. The van der Waals surface area contributed by atoms with Gasteiger partial charge < -0.3 is 4.90 Å². The van der Waals surface area contributed by atoms with E-state index in [1.165, 1.54) is 25.7 Å². The highest BCUT2D eigenvalue weighted by molar-refractivity contribution is 5.81. The monoisotopic (exact) mass is 245 g/mol. The molecule has 0 aromatic carbocycles. The van der Waals surface area contributed by atoms with Crippen LogP contribution in [0.2, 0.25) is 0 Å². The fourth-order valence-corrected chi connectivity index (χ4v) is 2.71. The lowest BCUT2D eigenvalue weighted by molar-refractivity contribution is 0.397. The van der Waals surface area contributed by atoms with Gasteiger partial charge >= 0.3 is 0 Å². The van der Waals surface area contributed by atoms with Gasteiger partial charge in [0.05, 0.1) is 18.1 Å². The molecule has 1 N–H and O–H groups in total. The van der Waals surface area contributed by atoms with Crippen LogP contribution >= 0.6 is 0 Å². The van der Waals surface area contributed by atoms with E-state index in [-0.39, 0.29) is 0 Å². The number of nitrogens with zero attached hydrogens (tertiary/aromatic N) is 2. The second-order valence-electron chi connectivity index (χ2n) is 5.15. The van der Waals surface area contributed by atoms with Gasteiger partial charge in [-0.15, -0.1) is 0 Å². The first-order chi connectivity index (χ1) is 8.70. The molecule has 1 aliphatic carbocycles. The van der Waals surface area contributed by atoms with Gasteiger partial charge in [-0.25, -0.2) is 0 Å². The van der Waals surface area contributed by atoms with E-state index in [1.807, 2.05) is 19.1 Å². The van der Waals surface area contributed by atoms with Crippen molar-refractivity contribution in [2.24, 2.45) is 5.92 Å². The maximum atomic E-state index is 8.34. The van der Waals surface area contributed by atoms with E-state index in [0.717, 1.165) is 30.3 Å². The van der Waals surface area contributed by atoms with E-state index in [2.05, 4.69) is 22.9 Å². The zero-order chi connectivity index (χ0) is 13.0. The van der Waals surface area contributed by atoms with Gasteiger partial charge in [-0.05, 0) is 38.8 Å². The molecule has 0 atom stereocenters. The van der Waals surface area contributed by atoms with Crippen molar-refractivity contribution >= 4 is 5.84 Å². The molecule has 1 fully saturated rings. The van der Waals surface area contributed by atoms with E-state index < -0.39 is 0 Å². The second kappa shape index (κ2) is 5.98. The minimum atomic E-state index is 0.481. The number of hydrogen-bond acceptors (Lipinski definition) is 2. The Morgan fingerprint density at radius 3 is 2.72 bits per heavy atom. The van der Waals surface area contributed by atoms with E-state index in [4.69, 9.17) is 5.41 Å². The normalized spacial score (nSPS) is 15.9. The predicted octanol–water partition coefficient (Wildman–Crippen LogP) is 3.38. The van der Waals surface area contributed by atoms with Crippen molar-refractivity contribution in [2.75, 3.05) is 6.54 Å². The summed E-state index contributed by atoms with van der Waals surface area (Å²) in [6, 6.07) is 6.12. The lowest BCUT2D eigenvalue weighted by Gasteiger charge is -2.27. The van der Waals surface area contributed by atoms with Crippen LogP contribution in [-0.2, 0) is 6.54 Å². The first-order valence-corrected chi connectivity index (χ1v) is 6.96. The highest BCUT2D eigenvalue weighted by Crippen LogP contribution is 2.27. The van der Waals surface area contributed by atoms with Gasteiger partial charge in [-0.2, -0.15) is 0 Å². The molecule has 1 aliphatic rings. The van der Waals surface area contributed by atoms with E-state index in [9.17, 15) is 0 Å². The van der Waals surface area contributed by atoms with Crippen LogP contribution in [0.1, 0.15) is 44.0 Å². The standard InChI is InChI=1S/C15H23N3/c1-3-18(15(16)13-8-4-5-9-13)11-14-10-6-7-12(2)17-14/h6-7,10,13,16H,3-5,8-9,11H2,1-2H3. The molecule has 98 valence electrons. The van der Waals surface area contributed by atoms with Gasteiger partial charge in [0.15, 0.2) is 0 Å². The molecule has 1 saturated carbocycles. The fraction of sp³-hybridized carbons (Fsp3) is 0.600. The SMILES string of the molecule is CCN(Cc1cccc(C)n1)C(=N)C1CCCC1. The number of hydrogen-bond donors (Lipinski definition) is 1. The van der Waals surface area contributed by atoms with Crippen molar-refractivity contribution in [3.05, 3.63) is 29.6 Å². The first-order valence-electron chi connectivity index (χ1n) is 6.96. The molecule has 2 rings (SSSR count). The number of rotatable bonds is 4. The van der Waals surface area contributed by atoms with Crippen LogP contribution in [0.4, 0.5) is 0 Å². The summed E-state index contributed by atoms with van der Waals surface area (Å²) in [7, 11) is 0. The first kappa shape index (κ1) is 13.1. The average Bonchev–Trinajstić information content (AvgIpc) is 2.89. The molecule has 0 radical (unpaired) electrons. The zero-order valence-electron chi connectivity index (χ0n) is 11.4. The average molecular weight is 245 g/mol. The predicted molar refractivity (Wildman–Crippen MR) is 74.7 cm³/mol. The van der Waals surface area contributed by atoms with Gasteiger partial charge in [0.25, 0.3) is 0 Å². The quantitative estimate of drug-likeness (QED) is 0.652. The third-order valence-corrected chi connectivity index (χ3v) is 3.76. The Labute approximate surface area is 110 Å². The van der Waals surface area contributed by atoms with E-state index in [1.54, 1.807) is 0 Å². The summed E-state index contributed by atoms with van der Waals surface area (Å²) in [5, 5.41) is 8.34. The summed E-state index contributed by atoms with van der Waals surface area (Å²) in [5.41, 5.74) is 2.12. The molecule has 0 amide bonds. The number of aryl methyl sites for hydroxylation is 1. The zero-order valence-corrected chi connectivity index (χ0v) is 11.4. The fourth-order valence-electron chi connectivity index (χ4n) is 2.71. The van der Waals surface area contributed by atoms with Gasteiger partial charge in [-0.3, -0.25) is 10.4 Å². The summed E-state index contributed by atoms with van der Waals surface area (Å²) in [6.45, 7) is 5.81. The Hall–Kier alpha value is -1.38. The van der Waals surface area contributed by atoms with Crippen LogP contribution in [0, 0.1) is 18.3 Å². The Morgan fingerprint density at radius 2 is 2.11 bits per heavy atom. The molecule has 3 nitrogen and oxygen atoms in total. The summed E-state index contributed by atoms with van der Waals surface area (Å²) in [5.74, 6) is 1.30.